The summed E-state index contributed by atoms with van der Waals surface area (Å²) in [6, 6.07) is 3.66. The number of carbonyl (C=O) groups excluding carboxylic acids is 1. The fourth-order valence-corrected chi connectivity index (χ4v) is 3.58. The quantitative estimate of drug-likeness (QED) is 0.892. The number of amides is 1. The van der Waals surface area contributed by atoms with Gasteiger partial charge < -0.3 is 19.3 Å². The van der Waals surface area contributed by atoms with E-state index >= 15 is 0 Å². The van der Waals surface area contributed by atoms with Crippen molar-refractivity contribution in [2.45, 2.75) is 51.9 Å². The highest BCUT2D eigenvalue weighted by molar-refractivity contribution is 5.83. The lowest BCUT2D eigenvalue weighted by molar-refractivity contribution is -0.139. The zero-order chi connectivity index (χ0) is 17.7. The summed E-state index contributed by atoms with van der Waals surface area (Å²) in [6.45, 7) is 6.06. The molecule has 2 aliphatic rings. The first kappa shape index (κ1) is 16.1. The minimum Gasteiger partial charge on any atom is -0.480 e. The van der Waals surface area contributed by atoms with E-state index in [1.807, 2.05) is 13.0 Å². The second kappa shape index (κ2) is 5.84. The summed E-state index contributed by atoms with van der Waals surface area (Å²) in [4.78, 5) is 18.9. The molecule has 1 saturated heterocycles. The summed E-state index contributed by atoms with van der Waals surface area (Å²) < 4.78 is 11.1. The van der Waals surface area contributed by atoms with Crippen molar-refractivity contribution in [3.63, 3.8) is 0 Å². The molecule has 0 bridgehead atoms. The third-order valence-corrected chi connectivity index (χ3v) is 5.02. The van der Waals surface area contributed by atoms with Crippen LogP contribution < -0.4 is 4.74 Å². The summed E-state index contributed by atoms with van der Waals surface area (Å²) in [5, 5.41) is 13.8. The number of aromatic nitrogens is 2. The van der Waals surface area contributed by atoms with Crippen LogP contribution in [0, 0.1) is 20.8 Å². The van der Waals surface area contributed by atoms with Gasteiger partial charge in [-0.15, -0.1) is 0 Å². The van der Waals surface area contributed by atoms with E-state index in [1.165, 1.54) is 5.56 Å². The van der Waals surface area contributed by atoms with E-state index in [1.54, 1.807) is 11.8 Å². The maximum Gasteiger partial charge on any atom is 0.264 e. The molecule has 0 saturated carbocycles. The van der Waals surface area contributed by atoms with Crippen LogP contribution in [0.15, 0.2) is 16.7 Å². The number of likely N-dealkylation sites (tertiary alicyclic amines) is 1. The minimum atomic E-state index is -0.602. The SMILES string of the molecule is Cc1noc([C@H]2C[C@H](O)CN2C(=O)[C@@H]2Cc3cc(C)c(C)cc3O2)n1. The Morgan fingerprint density at radius 2 is 2.04 bits per heavy atom. The van der Waals surface area contributed by atoms with Gasteiger partial charge in [0.1, 0.15) is 11.8 Å². The first-order chi connectivity index (χ1) is 11.9. The van der Waals surface area contributed by atoms with Gasteiger partial charge in [0.15, 0.2) is 11.9 Å². The highest BCUT2D eigenvalue weighted by Gasteiger charge is 2.43. The number of rotatable bonds is 2. The number of aliphatic hydroxyl groups excluding tert-OH is 1. The standard InChI is InChI=1S/C18H21N3O4/c1-9-4-12-6-16(24-15(12)5-10(9)2)18(23)21-8-13(22)7-14(21)17-19-11(3)20-25-17/h4-5,13-14,16,22H,6-8H2,1-3H3/t13-,14+,16-/m0/s1. The van der Waals surface area contributed by atoms with Crippen molar-refractivity contribution in [2.75, 3.05) is 6.54 Å². The van der Waals surface area contributed by atoms with Crippen LogP contribution in [-0.4, -0.2) is 44.8 Å². The van der Waals surface area contributed by atoms with Gasteiger partial charge >= 0.3 is 0 Å². The number of β-amino-alcohol motifs (C(OH)–C–C–N with tert-alkyl or cyclic N) is 1. The van der Waals surface area contributed by atoms with Gasteiger partial charge in [-0.3, -0.25) is 4.79 Å². The summed E-state index contributed by atoms with van der Waals surface area (Å²) >= 11 is 0. The number of carbonyl (C=O) groups is 1. The molecular weight excluding hydrogens is 322 g/mol. The highest BCUT2D eigenvalue weighted by Crippen LogP contribution is 2.36. The van der Waals surface area contributed by atoms with E-state index < -0.39 is 18.2 Å². The lowest BCUT2D eigenvalue weighted by atomic mass is 10.0. The first-order valence-corrected chi connectivity index (χ1v) is 8.48. The van der Waals surface area contributed by atoms with Gasteiger partial charge in [-0.25, -0.2) is 0 Å². The molecule has 1 aromatic heterocycles. The van der Waals surface area contributed by atoms with Crippen LogP contribution in [0.4, 0.5) is 0 Å². The van der Waals surface area contributed by atoms with E-state index in [0.29, 0.717) is 24.6 Å². The van der Waals surface area contributed by atoms with Crippen molar-refractivity contribution in [1.82, 2.24) is 15.0 Å². The molecule has 2 aromatic rings. The predicted octanol–water partition coefficient (Wildman–Crippen LogP) is 1.63. The first-order valence-electron chi connectivity index (χ1n) is 8.48. The number of nitrogens with zero attached hydrogens (tertiary/aromatic N) is 3. The van der Waals surface area contributed by atoms with Crippen LogP contribution in [0.2, 0.25) is 0 Å². The average Bonchev–Trinajstić information content (AvgIpc) is 3.25. The van der Waals surface area contributed by atoms with E-state index in [4.69, 9.17) is 9.26 Å². The summed E-state index contributed by atoms with van der Waals surface area (Å²) in [6.07, 6.45) is -0.245. The van der Waals surface area contributed by atoms with E-state index in [9.17, 15) is 9.90 Å². The largest absolute Gasteiger partial charge is 0.480 e. The Bertz CT molecular complexity index is 801. The number of aryl methyl sites for hydroxylation is 3. The zero-order valence-corrected chi connectivity index (χ0v) is 14.5. The van der Waals surface area contributed by atoms with E-state index in [-0.39, 0.29) is 12.5 Å². The second-order valence-electron chi connectivity index (χ2n) is 6.93. The smallest absolute Gasteiger partial charge is 0.264 e. The summed E-state index contributed by atoms with van der Waals surface area (Å²) in [5.41, 5.74) is 3.38. The molecule has 1 amide bonds. The van der Waals surface area contributed by atoms with Crippen molar-refractivity contribution < 1.29 is 19.2 Å². The molecule has 1 aromatic carbocycles. The molecule has 132 valence electrons. The van der Waals surface area contributed by atoms with Crippen molar-refractivity contribution >= 4 is 5.91 Å². The third-order valence-electron chi connectivity index (χ3n) is 5.02. The van der Waals surface area contributed by atoms with Crippen LogP contribution in [0.5, 0.6) is 5.75 Å². The average molecular weight is 343 g/mol. The van der Waals surface area contributed by atoms with Gasteiger partial charge in [-0.1, -0.05) is 11.2 Å². The molecule has 0 aliphatic carbocycles. The zero-order valence-electron chi connectivity index (χ0n) is 14.5. The van der Waals surface area contributed by atoms with Crippen molar-refractivity contribution in [3.05, 3.63) is 40.5 Å². The minimum absolute atomic E-state index is 0.149. The Balaban J connectivity index is 1.56. The molecule has 7 heteroatoms. The van der Waals surface area contributed by atoms with Crippen molar-refractivity contribution in [3.8, 4) is 5.75 Å². The third kappa shape index (κ3) is 2.78. The van der Waals surface area contributed by atoms with Gasteiger partial charge in [0.05, 0.1) is 6.10 Å². The molecule has 25 heavy (non-hydrogen) atoms. The molecule has 1 N–H and O–H groups in total. The Morgan fingerprint density at radius 1 is 1.28 bits per heavy atom. The maximum atomic E-state index is 13.0. The van der Waals surface area contributed by atoms with E-state index in [0.717, 1.165) is 16.9 Å². The number of hydrogen-bond acceptors (Lipinski definition) is 6. The normalized spacial score (nSPS) is 25.1. The van der Waals surface area contributed by atoms with Crippen molar-refractivity contribution in [2.24, 2.45) is 0 Å². The predicted molar refractivity (Wildman–Crippen MR) is 88.1 cm³/mol. The molecule has 0 unspecified atom stereocenters. The number of benzene rings is 1. The second-order valence-corrected chi connectivity index (χ2v) is 6.93. The highest BCUT2D eigenvalue weighted by atomic mass is 16.5. The number of fused-ring (bicyclic) bond motifs is 1. The number of hydrogen-bond donors (Lipinski definition) is 1. The number of aliphatic hydroxyl groups is 1. The fraction of sp³-hybridized carbons (Fsp3) is 0.500. The molecule has 7 nitrogen and oxygen atoms in total. The molecule has 3 atom stereocenters. The Hall–Kier alpha value is -2.41. The molecule has 0 spiro atoms. The van der Waals surface area contributed by atoms with E-state index in [2.05, 4.69) is 23.1 Å². The lowest BCUT2D eigenvalue weighted by Gasteiger charge is -2.24. The Labute approximate surface area is 145 Å². The van der Waals surface area contributed by atoms with Crippen LogP contribution in [0.1, 0.15) is 40.9 Å². The molecular formula is C18H21N3O4. The van der Waals surface area contributed by atoms with Crippen LogP contribution >= 0.6 is 0 Å². The van der Waals surface area contributed by atoms with Crippen LogP contribution in [0.3, 0.4) is 0 Å². The van der Waals surface area contributed by atoms with Gasteiger partial charge in [0, 0.05) is 19.4 Å². The van der Waals surface area contributed by atoms with Gasteiger partial charge in [-0.05, 0) is 43.5 Å². The van der Waals surface area contributed by atoms with Gasteiger partial charge in [0.25, 0.3) is 5.91 Å². The number of ether oxygens (including phenoxy) is 1. The Kier molecular flexibility index (Phi) is 3.76. The molecule has 0 radical (unpaired) electrons. The summed E-state index contributed by atoms with van der Waals surface area (Å²) in [7, 11) is 0. The van der Waals surface area contributed by atoms with Gasteiger partial charge in [-0.2, -0.15) is 4.98 Å². The summed E-state index contributed by atoms with van der Waals surface area (Å²) in [5.74, 6) is 1.50. The molecule has 4 rings (SSSR count). The van der Waals surface area contributed by atoms with Crippen LogP contribution in [-0.2, 0) is 11.2 Å². The van der Waals surface area contributed by atoms with Crippen molar-refractivity contribution in [1.29, 1.82) is 0 Å². The Morgan fingerprint density at radius 3 is 2.76 bits per heavy atom. The topological polar surface area (TPSA) is 88.7 Å². The van der Waals surface area contributed by atoms with Crippen LogP contribution in [0.25, 0.3) is 0 Å². The molecule has 3 heterocycles. The maximum absolute atomic E-state index is 13.0. The molecule has 2 aliphatic heterocycles. The molecule has 1 fully saturated rings. The van der Waals surface area contributed by atoms with Gasteiger partial charge in [0.2, 0.25) is 5.89 Å². The fourth-order valence-electron chi connectivity index (χ4n) is 3.58. The lowest BCUT2D eigenvalue weighted by Crippen LogP contribution is -2.41. The monoisotopic (exact) mass is 343 g/mol.